The van der Waals surface area contributed by atoms with Gasteiger partial charge in [-0.05, 0) is 36.0 Å². The van der Waals surface area contributed by atoms with E-state index < -0.39 is 0 Å². The molecule has 1 saturated carbocycles. The van der Waals surface area contributed by atoms with Gasteiger partial charge in [0.15, 0.2) is 6.61 Å². The quantitative estimate of drug-likeness (QED) is 0.866. The minimum atomic E-state index is -0.0483. The van der Waals surface area contributed by atoms with Gasteiger partial charge in [0, 0.05) is 12.6 Å². The molecule has 1 unspecified atom stereocenters. The lowest BCUT2D eigenvalue weighted by Crippen LogP contribution is -2.43. The summed E-state index contributed by atoms with van der Waals surface area (Å²) in [7, 11) is 0. The van der Waals surface area contributed by atoms with Crippen molar-refractivity contribution in [2.24, 2.45) is 11.1 Å². The van der Waals surface area contributed by atoms with Crippen molar-refractivity contribution in [2.75, 3.05) is 6.61 Å². The number of benzene rings is 1. The summed E-state index contributed by atoms with van der Waals surface area (Å²) in [6, 6.07) is 7.77. The van der Waals surface area contributed by atoms with Crippen LogP contribution in [-0.4, -0.2) is 18.6 Å². The summed E-state index contributed by atoms with van der Waals surface area (Å²) in [5.74, 6) is 0.649. The van der Waals surface area contributed by atoms with Gasteiger partial charge >= 0.3 is 0 Å². The molecular weight excluding hydrogens is 252 g/mol. The molecule has 0 aliphatic heterocycles. The van der Waals surface area contributed by atoms with Crippen molar-refractivity contribution in [2.45, 2.75) is 45.7 Å². The number of carbonyl (C=O) groups is 1. The maximum absolute atomic E-state index is 11.9. The summed E-state index contributed by atoms with van der Waals surface area (Å²) < 4.78 is 5.49. The van der Waals surface area contributed by atoms with Crippen LogP contribution in [0.1, 0.15) is 38.7 Å². The van der Waals surface area contributed by atoms with Gasteiger partial charge in [-0.25, -0.2) is 0 Å². The molecular formula is C16H24N2O2. The number of nitrogens with one attached hydrogen (secondary N) is 1. The number of hydrogen-bond acceptors (Lipinski definition) is 3. The van der Waals surface area contributed by atoms with Gasteiger partial charge in [0.05, 0.1) is 0 Å². The average Bonchev–Trinajstić information content (AvgIpc) is 2.76. The molecule has 20 heavy (non-hydrogen) atoms. The third-order valence-corrected chi connectivity index (χ3v) is 4.12. The van der Waals surface area contributed by atoms with Crippen molar-refractivity contribution in [1.29, 1.82) is 0 Å². The summed E-state index contributed by atoms with van der Waals surface area (Å²) in [6.07, 6.45) is 3.41. The highest BCUT2D eigenvalue weighted by molar-refractivity contribution is 5.78. The average molecular weight is 276 g/mol. The van der Waals surface area contributed by atoms with E-state index in [4.69, 9.17) is 10.5 Å². The zero-order valence-electron chi connectivity index (χ0n) is 12.3. The van der Waals surface area contributed by atoms with Gasteiger partial charge in [-0.2, -0.15) is 0 Å². The number of rotatable bonds is 5. The van der Waals surface area contributed by atoms with Gasteiger partial charge in [0.1, 0.15) is 5.75 Å². The minimum absolute atomic E-state index is 0.0483. The van der Waals surface area contributed by atoms with Crippen LogP contribution in [0.25, 0.3) is 0 Å². The van der Waals surface area contributed by atoms with Crippen LogP contribution in [0.4, 0.5) is 0 Å². The fourth-order valence-corrected chi connectivity index (χ4v) is 2.70. The van der Waals surface area contributed by atoms with Gasteiger partial charge in [0.2, 0.25) is 0 Å². The Labute approximate surface area is 120 Å². The normalized spacial score (nSPS) is 20.6. The molecule has 0 aromatic heterocycles. The summed E-state index contributed by atoms with van der Waals surface area (Å²) in [6.45, 7) is 4.99. The fraction of sp³-hybridized carbons (Fsp3) is 0.562. The summed E-state index contributed by atoms with van der Waals surface area (Å²) in [5.41, 5.74) is 6.78. The van der Waals surface area contributed by atoms with Crippen molar-refractivity contribution in [3.63, 3.8) is 0 Å². The molecule has 1 aromatic rings. The van der Waals surface area contributed by atoms with E-state index in [0.29, 0.717) is 12.3 Å². The topological polar surface area (TPSA) is 64.3 Å². The van der Waals surface area contributed by atoms with Crippen molar-refractivity contribution >= 4 is 5.91 Å². The SMILES string of the molecule is CC1(C)CCCC1NC(=O)COc1ccc(CN)cc1. The molecule has 4 nitrogen and oxygen atoms in total. The zero-order valence-corrected chi connectivity index (χ0v) is 12.3. The van der Waals surface area contributed by atoms with E-state index >= 15 is 0 Å². The second-order valence-corrected chi connectivity index (χ2v) is 6.14. The molecule has 1 aromatic carbocycles. The second-order valence-electron chi connectivity index (χ2n) is 6.14. The number of hydrogen-bond donors (Lipinski definition) is 2. The van der Waals surface area contributed by atoms with Crippen molar-refractivity contribution in [1.82, 2.24) is 5.32 Å². The van der Waals surface area contributed by atoms with Gasteiger partial charge in [-0.3, -0.25) is 4.79 Å². The predicted molar refractivity (Wildman–Crippen MR) is 79.4 cm³/mol. The predicted octanol–water partition coefficient (Wildman–Crippen LogP) is 2.22. The first-order chi connectivity index (χ1) is 9.51. The third kappa shape index (κ3) is 3.73. The number of nitrogens with two attached hydrogens (primary N) is 1. The summed E-state index contributed by atoms with van der Waals surface area (Å²) in [5, 5.41) is 3.08. The third-order valence-electron chi connectivity index (χ3n) is 4.12. The van der Waals surface area contributed by atoms with Gasteiger partial charge in [-0.15, -0.1) is 0 Å². The van der Waals surface area contributed by atoms with E-state index in [-0.39, 0.29) is 24.0 Å². The van der Waals surface area contributed by atoms with Crippen molar-refractivity contribution in [3.05, 3.63) is 29.8 Å². The summed E-state index contributed by atoms with van der Waals surface area (Å²) >= 11 is 0. The molecule has 0 bridgehead atoms. The van der Waals surface area contributed by atoms with Crippen LogP contribution in [0, 0.1) is 5.41 Å². The molecule has 0 saturated heterocycles. The number of carbonyl (C=O) groups excluding carboxylic acids is 1. The van der Waals surface area contributed by atoms with E-state index in [1.54, 1.807) is 0 Å². The van der Waals surface area contributed by atoms with E-state index in [1.165, 1.54) is 12.8 Å². The highest BCUT2D eigenvalue weighted by atomic mass is 16.5. The Morgan fingerprint density at radius 1 is 1.40 bits per heavy atom. The molecule has 1 atom stereocenters. The van der Waals surface area contributed by atoms with Crippen molar-refractivity contribution < 1.29 is 9.53 Å². The van der Waals surface area contributed by atoms with Crippen molar-refractivity contribution in [3.8, 4) is 5.75 Å². The van der Waals surface area contributed by atoms with Crippen LogP contribution in [-0.2, 0) is 11.3 Å². The molecule has 0 heterocycles. The Morgan fingerprint density at radius 3 is 2.65 bits per heavy atom. The van der Waals surface area contributed by atoms with Crippen LogP contribution in [0.3, 0.4) is 0 Å². The van der Waals surface area contributed by atoms with Crippen LogP contribution in [0.5, 0.6) is 5.75 Å². The molecule has 1 aliphatic carbocycles. The summed E-state index contributed by atoms with van der Waals surface area (Å²) in [4.78, 5) is 11.9. The lowest BCUT2D eigenvalue weighted by Gasteiger charge is -2.27. The Morgan fingerprint density at radius 2 is 2.10 bits per heavy atom. The lowest BCUT2D eigenvalue weighted by atomic mass is 9.87. The molecule has 4 heteroatoms. The lowest BCUT2D eigenvalue weighted by molar-refractivity contribution is -0.124. The number of amides is 1. The van der Waals surface area contributed by atoms with Gasteiger partial charge in [0.25, 0.3) is 5.91 Å². The Bertz CT molecular complexity index is 454. The zero-order chi connectivity index (χ0) is 14.6. The second kappa shape index (κ2) is 6.27. The number of ether oxygens (including phenoxy) is 1. The molecule has 110 valence electrons. The first kappa shape index (κ1) is 14.9. The van der Waals surface area contributed by atoms with Gasteiger partial charge in [-0.1, -0.05) is 32.4 Å². The Hall–Kier alpha value is -1.55. The van der Waals surface area contributed by atoms with Crippen LogP contribution in [0.2, 0.25) is 0 Å². The van der Waals surface area contributed by atoms with E-state index in [0.717, 1.165) is 12.0 Å². The van der Waals surface area contributed by atoms with Crippen LogP contribution in [0.15, 0.2) is 24.3 Å². The molecule has 0 spiro atoms. The van der Waals surface area contributed by atoms with E-state index in [9.17, 15) is 4.79 Å². The largest absolute Gasteiger partial charge is 0.484 e. The molecule has 0 radical (unpaired) electrons. The Balaban J connectivity index is 1.80. The Kier molecular flexibility index (Phi) is 4.65. The van der Waals surface area contributed by atoms with E-state index in [2.05, 4.69) is 19.2 Å². The minimum Gasteiger partial charge on any atom is -0.484 e. The molecule has 1 fully saturated rings. The van der Waals surface area contributed by atoms with Crippen LogP contribution >= 0.6 is 0 Å². The first-order valence-corrected chi connectivity index (χ1v) is 7.22. The fourth-order valence-electron chi connectivity index (χ4n) is 2.70. The molecule has 1 aliphatic rings. The maximum atomic E-state index is 11.9. The van der Waals surface area contributed by atoms with E-state index in [1.807, 2.05) is 24.3 Å². The smallest absolute Gasteiger partial charge is 0.258 e. The maximum Gasteiger partial charge on any atom is 0.258 e. The molecule has 1 amide bonds. The van der Waals surface area contributed by atoms with Crippen LogP contribution < -0.4 is 15.8 Å². The highest BCUT2D eigenvalue weighted by Gasteiger charge is 2.35. The highest BCUT2D eigenvalue weighted by Crippen LogP contribution is 2.37. The molecule has 2 rings (SSSR count). The standard InChI is InChI=1S/C16H24N2O2/c1-16(2)9-3-4-14(16)18-15(19)11-20-13-7-5-12(10-17)6-8-13/h5-8,14H,3-4,9-11,17H2,1-2H3,(H,18,19). The molecule has 3 N–H and O–H groups in total. The monoisotopic (exact) mass is 276 g/mol. The van der Waals surface area contributed by atoms with Gasteiger partial charge < -0.3 is 15.8 Å². The first-order valence-electron chi connectivity index (χ1n) is 7.22.